The summed E-state index contributed by atoms with van der Waals surface area (Å²) in [6.07, 6.45) is 6.99. The predicted molar refractivity (Wildman–Crippen MR) is 72.3 cm³/mol. The lowest BCUT2D eigenvalue weighted by molar-refractivity contribution is 0.405. The second-order valence-corrected chi connectivity index (χ2v) is 4.90. The van der Waals surface area contributed by atoms with Gasteiger partial charge in [0.1, 0.15) is 0 Å². The summed E-state index contributed by atoms with van der Waals surface area (Å²) >= 11 is 0. The van der Waals surface area contributed by atoms with E-state index in [1.165, 1.54) is 25.7 Å². The van der Waals surface area contributed by atoms with Gasteiger partial charge in [-0.25, -0.2) is 0 Å². The number of fused-ring (bicyclic) bond motifs is 1. The maximum atomic E-state index is 5.86. The van der Waals surface area contributed by atoms with Crippen LogP contribution >= 0.6 is 0 Å². The average molecular weight is 230 g/mol. The van der Waals surface area contributed by atoms with Crippen LogP contribution in [0.25, 0.3) is 0 Å². The van der Waals surface area contributed by atoms with E-state index in [0.29, 0.717) is 23.5 Å². The van der Waals surface area contributed by atoms with Crippen LogP contribution in [0.3, 0.4) is 0 Å². The molecule has 0 radical (unpaired) electrons. The first-order valence-corrected chi connectivity index (χ1v) is 6.22. The summed E-state index contributed by atoms with van der Waals surface area (Å²) in [5.74, 6) is 0. The fourth-order valence-corrected chi connectivity index (χ4v) is 2.81. The highest BCUT2D eigenvalue weighted by atomic mass is 15.3. The molecule has 0 unspecified atom stereocenters. The number of hydrogen-bond donors (Lipinski definition) is 2. The molecule has 3 rings (SSSR count). The Kier molecular flexibility index (Phi) is 2.42. The first kappa shape index (κ1) is 10.4. The van der Waals surface area contributed by atoms with E-state index in [4.69, 9.17) is 11.5 Å². The average Bonchev–Trinajstić information content (AvgIpc) is 2.76. The van der Waals surface area contributed by atoms with Crippen molar-refractivity contribution in [1.82, 2.24) is 0 Å². The number of nitrogens with zero attached hydrogens (tertiary/aromatic N) is 2. The van der Waals surface area contributed by atoms with E-state index in [1.807, 2.05) is 24.5 Å². The summed E-state index contributed by atoms with van der Waals surface area (Å²) in [7, 11) is 0. The van der Waals surface area contributed by atoms with E-state index in [1.54, 1.807) is 0 Å². The third-order valence-corrected chi connectivity index (χ3v) is 3.80. The molecular formula is C13H18N4. The smallest absolute Gasteiger partial charge is 0.0902 e. The minimum Gasteiger partial charge on any atom is -0.397 e. The standard InChI is InChI=1S/C13H18N4/c14-10-6-5-9(7-11(10)15)17-8-16-12-3-1-2-4-13(12)17/h5-8,12-13H,1-4,14-15H2/t12-,13-/m1/s1. The molecule has 0 bridgehead atoms. The van der Waals surface area contributed by atoms with Gasteiger partial charge in [-0.1, -0.05) is 12.8 Å². The lowest BCUT2D eigenvalue weighted by Crippen LogP contribution is -2.38. The minimum atomic E-state index is 0.475. The van der Waals surface area contributed by atoms with Gasteiger partial charge in [0.15, 0.2) is 0 Å². The SMILES string of the molecule is Nc1ccc(N2C=N[C@@H]3CCCC[C@H]32)cc1N. The minimum absolute atomic E-state index is 0.475. The van der Waals surface area contributed by atoms with Crippen molar-refractivity contribution in [3.8, 4) is 0 Å². The molecular weight excluding hydrogens is 212 g/mol. The van der Waals surface area contributed by atoms with Gasteiger partial charge in [-0.05, 0) is 31.0 Å². The number of anilines is 3. The highest BCUT2D eigenvalue weighted by Crippen LogP contribution is 2.33. The Morgan fingerprint density at radius 3 is 2.76 bits per heavy atom. The van der Waals surface area contributed by atoms with Crippen LogP contribution in [-0.2, 0) is 0 Å². The Balaban J connectivity index is 1.89. The maximum Gasteiger partial charge on any atom is 0.0902 e. The largest absolute Gasteiger partial charge is 0.397 e. The van der Waals surface area contributed by atoms with Crippen molar-refractivity contribution in [2.24, 2.45) is 4.99 Å². The summed E-state index contributed by atoms with van der Waals surface area (Å²) in [5, 5.41) is 0. The Morgan fingerprint density at radius 2 is 1.94 bits per heavy atom. The molecule has 90 valence electrons. The van der Waals surface area contributed by atoms with E-state index >= 15 is 0 Å². The van der Waals surface area contributed by atoms with Crippen LogP contribution < -0.4 is 16.4 Å². The van der Waals surface area contributed by atoms with Crippen molar-refractivity contribution in [2.45, 2.75) is 37.8 Å². The van der Waals surface area contributed by atoms with Gasteiger partial charge >= 0.3 is 0 Å². The van der Waals surface area contributed by atoms with E-state index in [9.17, 15) is 0 Å². The van der Waals surface area contributed by atoms with Crippen LogP contribution in [0.5, 0.6) is 0 Å². The number of hydrogen-bond acceptors (Lipinski definition) is 4. The summed E-state index contributed by atoms with van der Waals surface area (Å²) in [5.41, 5.74) is 14.0. The van der Waals surface area contributed by atoms with Gasteiger partial charge in [-0.3, -0.25) is 4.99 Å². The van der Waals surface area contributed by atoms with Gasteiger partial charge < -0.3 is 16.4 Å². The van der Waals surface area contributed by atoms with Crippen molar-refractivity contribution in [3.63, 3.8) is 0 Å². The van der Waals surface area contributed by atoms with Gasteiger partial charge in [-0.2, -0.15) is 0 Å². The number of nitrogens with two attached hydrogens (primary N) is 2. The molecule has 1 saturated carbocycles. The zero-order valence-electron chi connectivity index (χ0n) is 9.84. The topological polar surface area (TPSA) is 67.6 Å². The third-order valence-electron chi connectivity index (χ3n) is 3.80. The summed E-state index contributed by atoms with van der Waals surface area (Å²) < 4.78 is 0. The monoisotopic (exact) mass is 230 g/mol. The van der Waals surface area contributed by atoms with Gasteiger partial charge in [0.2, 0.25) is 0 Å². The summed E-state index contributed by atoms with van der Waals surface area (Å²) in [4.78, 5) is 6.85. The quantitative estimate of drug-likeness (QED) is 0.725. The van der Waals surface area contributed by atoms with Crippen molar-refractivity contribution >= 4 is 23.4 Å². The lowest BCUT2D eigenvalue weighted by Gasteiger charge is -2.31. The second kappa shape index (κ2) is 3.95. The molecule has 4 N–H and O–H groups in total. The van der Waals surface area contributed by atoms with E-state index in [0.717, 1.165) is 5.69 Å². The van der Waals surface area contributed by atoms with Crippen molar-refractivity contribution in [3.05, 3.63) is 18.2 Å². The molecule has 1 heterocycles. The molecule has 4 nitrogen and oxygen atoms in total. The zero-order chi connectivity index (χ0) is 11.8. The van der Waals surface area contributed by atoms with Crippen LogP contribution in [0.2, 0.25) is 0 Å². The van der Waals surface area contributed by atoms with Gasteiger partial charge in [-0.15, -0.1) is 0 Å². The maximum absolute atomic E-state index is 5.86. The van der Waals surface area contributed by atoms with Crippen LogP contribution in [0.1, 0.15) is 25.7 Å². The predicted octanol–water partition coefficient (Wildman–Crippen LogP) is 2.01. The molecule has 1 aliphatic carbocycles. The van der Waals surface area contributed by atoms with Crippen molar-refractivity contribution in [2.75, 3.05) is 16.4 Å². The second-order valence-electron chi connectivity index (χ2n) is 4.90. The van der Waals surface area contributed by atoms with Gasteiger partial charge in [0, 0.05) is 5.69 Å². The van der Waals surface area contributed by atoms with Crippen molar-refractivity contribution in [1.29, 1.82) is 0 Å². The highest BCUT2D eigenvalue weighted by molar-refractivity contribution is 5.85. The number of nitrogen functional groups attached to an aromatic ring is 2. The Labute approximate surface area is 101 Å². The normalized spacial score (nSPS) is 27.2. The molecule has 1 aromatic carbocycles. The molecule has 2 aliphatic rings. The van der Waals surface area contributed by atoms with Crippen LogP contribution in [0.15, 0.2) is 23.2 Å². The molecule has 0 saturated heterocycles. The molecule has 2 atom stereocenters. The zero-order valence-corrected chi connectivity index (χ0v) is 9.84. The van der Waals surface area contributed by atoms with E-state index in [2.05, 4.69) is 9.89 Å². The van der Waals surface area contributed by atoms with Crippen LogP contribution in [0.4, 0.5) is 17.1 Å². The summed E-state index contributed by atoms with van der Waals surface area (Å²) in [6.45, 7) is 0. The highest BCUT2D eigenvalue weighted by Gasteiger charge is 2.33. The molecule has 1 aromatic rings. The Hall–Kier alpha value is -1.71. The van der Waals surface area contributed by atoms with E-state index < -0.39 is 0 Å². The van der Waals surface area contributed by atoms with Crippen LogP contribution in [0, 0.1) is 0 Å². The molecule has 1 aliphatic heterocycles. The van der Waals surface area contributed by atoms with Crippen LogP contribution in [-0.4, -0.2) is 18.4 Å². The number of benzene rings is 1. The van der Waals surface area contributed by atoms with Gasteiger partial charge in [0.05, 0.1) is 29.8 Å². The molecule has 4 heteroatoms. The Bertz CT molecular complexity index is 455. The first-order valence-electron chi connectivity index (χ1n) is 6.22. The molecule has 0 aromatic heterocycles. The fraction of sp³-hybridized carbons (Fsp3) is 0.462. The molecule has 0 spiro atoms. The number of aliphatic imine (C=N–C) groups is 1. The van der Waals surface area contributed by atoms with E-state index in [-0.39, 0.29) is 0 Å². The van der Waals surface area contributed by atoms with Crippen molar-refractivity contribution < 1.29 is 0 Å². The summed E-state index contributed by atoms with van der Waals surface area (Å²) in [6, 6.07) is 6.83. The number of rotatable bonds is 1. The molecule has 17 heavy (non-hydrogen) atoms. The molecule has 1 fully saturated rings. The first-order chi connectivity index (χ1) is 8.25. The third kappa shape index (κ3) is 1.73. The molecule has 0 amide bonds. The fourth-order valence-electron chi connectivity index (χ4n) is 2.81. The Morgan fingerprint density at radius 1 is 1.12 bits per heavy atom. The lowest BCUT2D eigenvalue weighted by atomic mass is 9.90. The van der Waals surface area contributed by atoms with Gasteiger partial charge in [0.25, 0.3) is 0 Å².